The zero-order valence-electron chi connectivity index (χ0n) is 65.2. The van der Waals surface area contributed by atoms with E-state index in [9.17, 15) is 80.5 Å². The number of ether oxygens (including phenoxy) is 8. The van der Waals surface area contributed by atoms with Crippen LogP contribution in [0.25, 0.3) is 11.1 Å². The number of likely N-dealkylation sites (N-methyl/N-ethyl adjacent to an activating group) is 1. The van der Waals surface area contributed by atoms with Gasteiger partial charge in [0.05, 0.1) is 23.8 Å². The molecule has 0 saturated carbocycles. The Balaban J connectivity index is 1.04. The number of carbonyl (C=O) groups is 9. The lowest BCUT2D eigenvalue weighted by Gasteiger charge is -2.41. The quantitative estimate of drug-likeness (QED) is 0.0426. The van der Waals surface area contributed by atoms with Gasteiger partial charge in [-0.05, 0) is 114 Å². The van der Waals surface area contributed by atoms with Crippen LogP contribution in [-0.2, 0) is 63.8 Å². The molecule has 8 aliphatic heterocycles. The number of carboxylic acids is 1. The zero-order valence-corrected chi connectivity index (χ0v) is 66.7. The van der Waals surface area contributed by atoms with Gasteiger partial charge in [0, 0.05) is 47.2 Å². The number of aliphatic carboxylic acids is 1. The molecule has 0 aliphatic carbocycles. The van der Waals surface area contributed by atoms with Gasteiger partial charge in [0.25, 0.3) is 0 Å². The van der Waals surface area contributed by atoms with Crippen molar-refractivity contribution in [1.29, 1.82) is 0 Å². The molecule has 20 N–H and O–H groups in total. The van der Waals surface area contributed by atoms with E-state index >= 15 is 24.0 Å². The normalized spacial score (nSPS) is 26.4. The number of halogens is 2. The molecule has 7 aromatic carbocycles. The van der Waals surface area contributed by atoms with Gasteiger partial charge in [0.15, 0.2) is 35.1 Å². The summed E-state index contributed by atoms with van der Waals surface area (Å²) in [6.07, 6.45) is -14.5. The number of phenols is 4. The molecule has 0 spiro atoms. The number of aromatic hydroxyl groups is 4. The van der Waals surface area contributed by atoms with E-state index in [-0.39, 0.29) is 34.8 Å². The maximum Gasteiger partial charge on any atom is 0.337 e. The molecule has 2 saturated heterocycles. The minimum atomic E-state index is -2.45. The molecule has 37 nitrogen and oxygen atoms in total. The smallest absolute Gasteiger partial charge is 0.337 e. The molecule has 15 rings (SSSR count). The monoisotopic (exact) mass is 1730 g/mol. The molecule has 122 heavy (non-hydrogen) atoms. The number of nitrogens with one attached hydrogen (secondary N) is 8. The van der Waals surface area contributed by atoms with Crippen molar-refractivity contribution in [3.05, 3.63) is 164 Å². The number of fused-ring (bicyclic) bond motifs is 14. The van der Waals surface area contributed by atoms with Gasteiger partial charge in [-0.3, -0.25) is 33.6 Å². The second-order valence-electron chi connectivity index (χ2n) is 29.9. The molecule has 7 amide bonds. The highest BCUT2D eigenvalue weighted by molar-refractivity contribution is 6.33. The molecular formula is C83H88Cl2N8O29. The second-order valence-corrected chi connectivity index (χ2v) is 30.7. The average Bonchev–Trinajstić information content (AvgIpc) is 0.755. The number of methoxy groups -OCH3 is 1. The molecule has 7 aromatic rings. The van der Waals surface area contributed by atoms with Crippen molar-refractivity contribution in [2.75, 3.05) is 20.8 Å². The van der Waals surface area contributed by atoms with E-state index in [2.05, 4.69) is 49.5 Å². The van der Waals surface area contributed by atoms with Crippen LogP contribution < -0.4 is 66.2 Å². The number of hydrogen-bond donors (Lipinski definition) is 20. The third-order valence-corrected chi connectivity index (χ3v) is 22.4. The number of carboxylic acid groups (broad SMARTS) is 1. The molecule has 648 valence electrons. The van der Waals surface area contributed by atoms with Crippen LogP contribution in [0.2, 0.25) is 10.0 Å². The van der Waals surface area contributed by atoms with Gasteiger partial charge in [-0.15, -0.1) is 0 Å². The van der Waals surface area contributed by atoms with Crippen LogP contribution in [0.1, 0.15) is 140 Å². The summed E-state index contributed by atoms with van der Waals surface area (Å²) in [5.74, 6) is -18.6. The molecule has 0 radical (unpaired) electrons. The molecule has 39 heteroatoms. The Kier molecular flexibility index (Phi) is 27.1. The van der Waals surface area contributed by atoms with Crippen LogP contribution in [0.4, 0.5) is 0 Å². The Morgan fingerprint density at radius 2 is 1.18 bits per heavy atom. The van der Waals surface area contributed by atoms with Gasteiger partial charge in [0.1, 0.15) is 125 Å². The highest BCUT2D eigenvalue weighted by Crippen LogP contribution is 2.50. The third-order valence-electron chi connectivity index (χ3n) is 21.7. The maximum absolute atomic E-state index is 16.7. The molecule has 8 aliphatic rings. The van der Waals surface area contributed by atoms with Crippen molar-refractivity contribution in [3.63, 3.8) is 0 Å². The van der Waals surface area contributed by atoms with E-state index < -0.39 is 271 Å². The predicted molar refractivity (Wildman–Crippen MR) is 423 cm³/mol. The standard InChI is InChI=1S/C83H88Cl2N8O29/c1-4-5-6-7-8-9-10-11-12-56(99)88-65-68(102)70(104)73(81(114)115-3)122-82(65)121-72-53-27-38-28-54(72)118-50-22-17-37(25-45(50)84)66(100)64-79(111)92-63(80(112)113)43-29-39(95)30-52(119-83-71(105)69(103)67(101)55(33-94)120-83)57(43)42-24-35(15-20-47(42)96)60(76(108)93-64)89-77(109)61(38)90-78(110)62-44-31-41(32-49(98)58(44)85)117-51-26-36(16-21-48(51)97)59(86-2)75(107)87-46(74(106)91-62)23-34-13-18-40(116-53)19-14-34/h13-22,24-32,46,55,59-71,73,82-83,86,94-98,100-105H,4-12,23,33H2,1-3H3,(H,87,107)(H,88,99)(H,89,109)(H,90,110)(H,91,106)(H,92,111)(H,93,108)(H,112,113)/t46-,55-,59+,60-,61-,62+,63-,64+,65-,66-,67-,68-,69+,70+,71+,73+,82-,83+/m1/s1. The van der Waals surface area contributed by atoms with E-state index in [1.807, 2.05) is 0 Å². The Morgan fingerprint density at radius 3 is 1.87 bits per heavy atom. The van der Waals surface area contributed by atoms with E-state index in [1.165, 1.54) is 49.5 Å². The minimum absolute atomic E-state index is 0.124. The number of unbranched alkanes of at least 4 members (excludes halogenated alkanes) is 7. The molecule has 0 aromatic heterocycles. The number of rotatable bonds is 18. The fraction of sp³-hybridized carbons (Fsp3) is 0.386. The second kappa shape index (κ2) is 37.6. The first-order valence-corrected chi connectivity index (χ1v) is 39.7. The number of carbonyl (C=O) groups excluding carboxylic acids is 8. The van der Waals surface area contributed by atoms with E-state index in [4.69, 9.17) is 61.1 Å². The topological polar surface area (TPSA) is 566 Å². The van der Waals surface area contributed by atoms with Crippen LogP contribution >= 0.6 is 23.2 Å². The Hall–Kier alpha value is -11.8. The van der Waals surface area contributed by atoms with Crippen LogP contribution in [0.3, 0.4) is 0 Å². The van der Waals surface area contributed by atoms with E-state index in [0.717, 1.165) is 118 Å². The number of benzene rings is 7. The summed E-state index contributed by atoms with van der Waals surface area (Å²) in [7, 11) is 2.38. The van der Waals surface area contributed by atoms with Crippen molar-refractivity contribution >= 4 is 76.5 Å². The van der Waals surface area contributed by atoms with Crippen molar-refractivity contribution in [1.82, 2.24) is 42.5 Å². The number of phenolic OH excluding ortho intramolecular Hbond substituents is 4. The van der Waals surface area contributed by atoms with Gasteiger partial charge in [-0.25, -0.2) is 9.59 Å². The van der Waals surface area contributed by atoms with Gasteiger partial charge in [0.2, 0.25) is 59.7 Å². The summed E-state index contributed by atoms with van der Waals surface area (Å²) in [5, 5.41) is 157. The average molecular weight is 1730 g/mol. The SMILES string of the molecule is CCCCCCCCCCC(=O)N[C@H]1[C@H](Oc2c3cc4cc2Oc2ccc(cc2Cl)[C@@H](O)[C@@H]2NC(=O)[C@H](NC(=O)[C@@H]4NC(=O)[C@H]4NC(=O)[C@@H](Cc5ccc(cc5)O3)NC(=O)[C@@H](NC)c3ccc(O)c(c3)Oc3cc(O)c(Cl)c4c3)c3ccc(O)c(c3)-c3c(O[C@H]4O[C@H](CO)[C@@H](O)[C@H](O)[C@@H]4O)cc(O)cc3[C@H](C(=O)O)NC2=O)O[C@H](C(=O)OC)[C@@H](O)[C@@H]1O. The van der Waals surface area contributed by atoms with Crippen LogP contribution in [-0.4, -0.2) is 209 Å². The van der Waals surface area contributed by atoms with Crippen molar-refractivity contribution in [3.8, 4) is 80.1 Å². The summed E-state index contributed by atoms with van der Waals surface area (Å²) in [6.45, 7) is 1.11. The zero-order chi connectivity index (χ0) is 87.4. The fourth-order valence-electron chi connectivity index (χ4n) is 15.2. The predicted octanol–water partition coefficient (Wildman–Crippen LogP) is 4.03. The fourth-order valence-corrected chi connectivity index (χ4v) is 15.6. The van der Waals surface area contributed by atoms with E-state index in [0.29, 0.717) is 18.4 Å². The first-order valence-electron chi connectivity index (χ1n) is 38.9. The summed E-state index contributed by atoms with van der Waals surface area (Å²) in [5.41, 5.74) is -3.19. The molecule has 18 atom stereocenters. The van der Waals surface area contributed by atoms with Gasteiger partial charge in [-0.2, -0.15) is 0 Å². The molecule has 8 heterocycles. The first-order chi connectivity index (χ1) is 58.3. The van der Waals surface area contributed by atoms with Gasteiger partial charge >= 0.3 is 11.9 Å². The Bertz CT molecular complexity index is 5180. The minimum Gasteiger partial charge on any atom is -0.508 e. The van der Waals surface area contributed by atoms with Crippen molar-refractivity contribution in [2.24, 2.45) is 0 Å². The summed E-state index contributed by atoms with van der Waals surface area (Å²) < 4.78 is 49.4. The largest absolute Gasteiger partial charge is 0.508 e. The number of amides is 7. The third kappa shape index (κ3) is 18.8. The maximum atomic E-state index is 16.7. The highest BCUT2D eigenvalue weighted by atomic mass is 35.5. The number of aliphatic hydroxyl groups excluding tert-OH is 7. The molecule has 0 unspecified atom stereocenters. The molecular weight excluding hydrogens is 1640 g/mol. The molecule has 2 fully saturated rings. The number of aliphatic hydroxyl groups is 7. The van der Waals surface area contributed by atoms with Crippen molar-refractivity contribution < 1.29 is 142 Å². The van der Waals surface area contributed by atoms with Crippen LogP contribution in [0.5, 0.6) is 69.0 Å². The summed E-state index contributed by atoms with van der Waals surface area (Å²) >= 11 is 14.2. The summed E-state index contributed by atoms with van der Waals surface area (Å²) in [6, 6.07) is 4.80. The van der Waals surface area contributed by atoms with Gasteiger partial charge in [-0.1, -0.05) is 105 Å². The van der Waals surface area contributed by atoms with Gasteiger partial charge < -0.3 is 142 Å². The van der Waals surface area contributed by atoms with Crippen LogP contribution in [0.15, 0.2) is 115 Å². The lowest BCUT2D eigenvalue weighted by Crippen LogP contribution is -2.66. The Labute approximate surface area is 704 Å². The number of esters is 1. The lowest BCUT2D eigenvalue weighted by atomic mass is 9.89. The van der Waals surface area contributed by atoms with Crippen molar-refractivity contribution in [2.45, 2.75) is 181 Å². The highest BCUT2D eigenvalue weighted by Gasteiger charge is 2.52. The Morgan fingerprint density at radius 1 is 0.541 bits per heavy atom. The van der Waals surface area contributed by atoms with E-state index in [1.54, 1.807) is 0 Å². The lowest BCUT2D eigenvalue weighted by molar-refractivity contribution is -0.277. The summed E-state index contributed by atoms with van der Waals surface area (Å²) in [4.78, 5) is 136. The van der Waals surface area contributed by atoms with Crippen LogP contribution in [0, 0.1) is 0 Å². The number of hydrogen-bond acceptors (Lipinski definition) is 29. The first kappa shape index (κ1) is 88.0. The molecule has 17 bridgehead atoms.